The van der Waals surface area contributed by atoms with Crippen molar-refractivity contribution in [3.05, 3.63) is 0 Å². The molecular formula is C9H18N2O3. The fourth-order valence-electron chi connectivity index (χ4n) is 0.936. The molecule has 0 rings (SSSR count). The number of hydrogen-bond acceptors (Lipinski definition) is 3. The molecule has 0 aliphatic carbocycles. The summed E-state index contributed by atoms with van der Waals surface area (Å²) in [5.74, 6) is -0.00841. The summed E-state index contributed by atoms with van der Waals surface area (Å²) >= 11 is 0. The minimum Gasteiger partial charge on any atom is -0.453 e. The Morgan fingerprint density at radius 2 is 1.86 bits per heavy atom. The summed E-state index contributed by atoms with van der Waals surface area (Å²) in [6, 6.07) is 0. The van der Waals surface area contributed by atoms with Crippen LogP contribution in [0.1, 0.15) is 13.8 Å². The quantitative estimate of drug-likeness (QED) is 0.669. The lowest BCUT2D eigenvalue weighted by Gasteiger charge is -2.22. The monoisotopic (exact) mass is 202 g/mol. The van der Waals surface area contributed by atoms with Crippen molar-refractivity contribution in [2.24, 2.45) is 0 Å². The van der Waals surface area contributed by atoms with Crippen LogP contribution in [-0.4, -0.2) is 55.6 Å². The van der Waals surface area contributed by atoms with Crippen LogP contribution in [0.4, 0.5) is 4.79 Å². The molecule has 0 aliphatic heterocycles. The number of carbonyl (C=O) groups is 2. The summed E-state index contributed by atoms with van der Waals surface area (Å²) in [5, 5.41) is 0. The van der Waals surface area contributed by atoms with Crippen molar-refractivity contribution in [3.63, 3.8) is 0 Å². The van der Waals surface area contributed by atoms with Gasteiger partial charge in [-0.25, -0.2) is 4.79 Å². The molecule has 0 aliphatic rings. The van der Waals surface area contributed by atoms with Gasteiger partial charge in [0.05, 0.1) is 7.11 Å². The van der Waals surface area contributed by atoms with E-state index in [0.29, 0.717) is 19.6 Å². The molecule has 0 heterocycles. The Balaban J connectivity index is 3.95. The van der Waals surface area contributed by atoms with E-state index in [1.165, 1.54) is 14.0 Å². The first-order chi connectivity index (χ1) is 6.52. The predicted molar refractivity (Wildman–Crippen MR) is 53.0 cm³/mol. The van der Waals surface area contributed by atoms with Crippen LogP contribution >= 0.6 is 0 Å². The van der Waals surface area contributed by atoms with Crippen LogP contribution in [0.25, 0.3) is 0 Å². The minimum absolute atomic E-state index is 0.00841. The average molecular weight is 202 g/mol. The van der Waals surface area contributed by atoms with Crippen molar-refractivity contribution in [3.8, 4) is 0 Å². The lowest BCUT2D eigenvalue weighted by atomic mass is 10.4. The summed E-state index contributed by atoms with van der Waals surface area (Å²) in [6.07, 6.45) is -0.357. The molecule has 5 nitrogen and oxygen atoms in total. The number of carbonyl (C=O) groups excluding carboxylic acids is 2. The molecule has 0 aromatic rings. The highest BCUT2D eigenvalue weighted by Crippen LogP contribution is 1.93. The number of nitrogens with zero attached hydrogens (tertiary/aromatic N) is 2. The summed E-state index contributed by atoms with van der Waals surface area (Å²) < 4.78 is 4.58. The maximum atomic E-state index is 11.1. The van der Waals surface area contributed by atoms with Gasteiger partial charge in [-0.1, -0.05) is 0 Å². The molecule has 0 N–H and O–H groups in total. The first kappa shape index (κ1) is 12.7. The third-order valence-electron chi connectivity index (χ3n) is 2.06. The highest BCUT2D eigenvalue weighted by atomic mass is 16.5. The number of methoxy groups -OCH3 is 1. The fraction of sp³-hybridized carbons (Fsp3) is 0.778. The van der Waals surface area contributed by atoms with E-state index < -0.39 is 0 Å². The molecule has 0 atom stereocenters. The SMILES string of the molecule is CCN(CCN(C)C(C)=O)C(=O)OC. The molecule has 0 bridgehead atoms. The van der Waals surface area contributed by atoms with Crippen LogP contribution in [0.5, 0.6) is 0 Å². The normalized spacial score (nSPS) is 9.43. The summed E-state index contributed by atoms with van der Waals surface area (Å²) in [4.78, 5) is 25.1. The Bertz CT molecular complexity index is 206. The predicted octanol–water partition coefficient (Wildman–Crippen LogP) is 0.553. The maximum absolute atomic E-state index is 11.1. The van der Waals surface area contributed by atoms with Crippen LogP contribution in [0.15, 0.2) is 0 Å². The molecule has 0 radical (unpaired) electrons. The molecule has 0 fully saturated rings. The molecular weight excluding hydrogens is 184 g/mol. The highest BCUT2D eigenvalue weighted by Gasteiger charge is 2.12. The number of ether oxygens (including phenoxy) is 1. The smallest absolute Gasteiger partial charge is 0.409 e. The zero-order chi connectivity index (χ0) is 11.1. The van der Waals surface area contributed by atoms with Gasteiger partial charge in [0.25, 0.3) is 0 Å². The average Bonchev–Trinajstić information content (AvgIpc) is 2.17. The molecule has 5 heteroatoms. The van der Waals surface area contributed by atoms with Crippen molar-refractivity contribution < 1.29 is 14.3 Å². The van der Waals surface area contributed by atoms with Gasteiger partial charge in [-0.3, -0.25) is 4.79 Å². The van der Waals surface area contributed by atoms with Gasteiger partial charge >= 0.3 is 6.09 Å². The van der Waals surface area contributed by atoms with Gasteiger partial charge in [0, 0.05) is 33.6 Å². The zero-order valence-electron chi connectivity index (χ0n) is 9.24. The standard InChI is InChI=1S/C9H18N2O3/c1-5-11(9(13)14-4)7-6-10(3)8(2)12/h5-7H2,1-4H3. The molecule has 14 heavy (non-hydrogen) atoms. The van der Waals surface area contributed by atoms with E-state index >= 15 is 0 Å². The Morgan fingerprint density at radius 1 is 1.29 bits per heavy atom. The topological polar surface area (TPSA) is 49.9 Å². The largest absolute Gasteiger partial charge is 0.453 e. The van der Waals surface area contributed by atoms with E-state index in [0.717, 1.165) is 0 Å². The van der Waals surface area contributed by atoms with Crippen molar-refractivity contribution in [1.82, 2.24) is 9.80 Å². The summed E-state index contributed by atoms with van der Waals surface area (Å²) in [7, 11) is 3.05. The van der Waals surface area contributed by atoms with E-state index in [-0.39, 0.29) is 12.0 Å². The number of amides is 2. The van der Waals surface area contributed by atoms with E-state index in [9.17, 15) is 9.59 Å². The van der Waals surface area contributed by atoms with Gasteiger partial charge in [-0.2, -0.15) is 0 Å². The van der Waals surface area contributed by atoms with Gasteiger partial charge < -0.3 is 14.5 Å². The van der Waals surface area contributed by atoms with Crippen molar-refractivity contribution in [1.29, 1.82) is 0 Å². The lowest BCUT2D eigenvalue weighted by Crippen LogP contribution is -2.38. The fourth-order valence-corrected chi connectivity index (χ4v) is 0.936. The van der Waals surface area contributed by atoms with Crippen LogP contribution in [0.2, 0.25) is 0 Å². The molecule has 0 spiro atoms. The first-order valence-electron chi connectivity index (χ1n) is 4.57. The molecule has 0 unspecified atom stereocenters. The summed E-state index contributed by atoms with van der Waals surface area (Å²) in [6.45, 7) is 4.97. The van der Waals surface area contributed by atoms with Crippen LogP contribution in [0.3, 0.4) is 0 Å². The number of hydrogen-bond donors (Lipinski definition) is 0. The molecule has 0 aromatic heterocycles. The van der Waals surface area contributed by atoms with E-state index in [2.05, 4.69) is 4.74 Å². The second-order valence-electron chi connectivity index (χ2n) is 2.99. The second kappa shape index (κ2) is 6.23. The maximum Gasteiger partial charge on any atom is 0.409 e. The highest BCUT2D eigenvalue weighted by molar-refractivity contribution is 5.73. The Hall–Kier alpha value is -1.26. The summed E-state index contributed by atoms with van der Waals surface area (Å²) in [5.41, 5.74) is 0. The van der Waals surface area contributed by atoms with Crippen LogP contribution < -0.4 is 0 Å². The minimum atomic E-state index is -0.357. The Kier molecular flexibility index (Phi) is 5.67. The molecule has 82 valence electrons. The first-order valence-corrected chi connectivity index (χ1v) is 4.57. The van der Waals surface area contributed by atoms with Gasteiger partial charge in [-0.15, -0.1) is 0 Å². The molecule has 0 saturated heterocycles. The zero-order valence-corrected chi connectivity index (χ0v) is 9.24. The third kappa shape index (κ3) is 4.11. The third-order valence-corrected chi connectivity index (χ3v) is 2.06. The van der Waals surface area contributed by atoms with E-state index in [4.69, 9.17) is 0 Å². The Labute approximate surface area is 84.6 Å². The molecule has 0 saturated carbocycles. The van der Waals surface area contributed by atoms with Crippen molar-refractivity contribution in [2.75, 3.05) is 33.8 Å². The van der Waals surface area contributed by atoms with E-state index in [1.807, 2.05) is 6.92 Å². The van der Waals surface area contributed by atoms with Gasteiger partial charge in [0.2, 0.25) is 5.91 Å². The van der Waals surface area contributed by atoms with Gasteiger partial charge in [-0.05, 0) is 6.92 Å². The molecule has 0 aromatic carbocycles. The molecule has 2 amide bonds. The van der Waals surface area contributed by atoms with Crippen LogP contribution in [0, 0.1) is 0 Å². The van der Waals surface area contributed by atoms with Crippen molar-refractivity contribution >= 4 is 12.0 Å². The second-order valence-corrected chi connectivity index (χ2v) is 2.99. The van der Waals surface area contributed by atoms with Crippen molar-refractivity contribution in [2.45, 2.75) is 13.8 Å². The lowest BCUT2D eigenvalue weighted by molar-refractivity contribution is -0.127. The van der Waals surface area contributed by atoms with Crippen LogP contribution in [-0.2, 0) is 9.53 Å². The Morgan fingerprint density at radius 3 is 2.21 bits per heavy atom. The van der Waals surface area contributed by atoms with E-state index in [1.54, 1.807) is 16.8 Å². The number of likely N-dealkylation sites (N-methyl/N-ethyl adjacent to an activating group) is 2. The van der Waals surface area contributed by atoms with Gasteiger partial charge in [0.15, 0.2) is 0 Å². The number of rotatable bonds is 4. The van der Waals surface area contributed by atoms with Gasteiger partial charge in [0.1, 0.15) is 0 Å².